The minimum atomic E-state index is 0.575. The lowest BCUT2D eigenvalue weighted by atomic mass is 10.0. The molecule has 1 fully saturated rings. The van der Waals surface area contributed by atoms with E-state index in [1.54, 1.807) is 0 Å². The third-order valence-corrected chi connectivity index (χ3v) is 3.84. The van der Waals surface area contributed by atoms with Gasteiger partial charge in [-0.2, -0.15) is 0 Å². The van der Waals surface area contributed by atoms with Gasteiger partial charge in [-0.3, -0.25) is 9.88 Å². The van der Waals surface area contributed by atoms with Gasteiger partial charge in [-0.05, 0) is 39.1 Å². The average molecular weight is 248 g/mol. The number of likely N-dealkylation sites (N-methyl/N-ethyl adjacent to an activating group) is 1. The third-order valence-electron chi connectivity index (χ3n) is 3.84. The molecule has 2 N–H and O–H groups in total. The molecule has 100 valence electrons. The van der Waals surface area contributed by atoms with Crippen LogP contribution in [0.1, 0.15) is 19.0 Å². The molecule has 2 rings (SSSR count). The van der Waals surface area contributed by atoms with E-state index in [-0.39, 0.29) is 0 Å². The molecule has 1 aliphatic rings. The van der Waals surface area contributed by atoms with Crippen LogP contribution in [0.4, 0.5) is 0 Å². The summed E-state index contributed by atoms with van der Waals surface area (Å²) in [4.78, 5) is 9.37. The van der Waals surface area contributed by atoms with E-state index in [1.807, 2.05) is 12.3 Å². The summed E-state index contributed by atoms with van der Waals surface area (Å²) in [7, 11) is 2.20. The van der Waals surface area contributed by atoms with Crippen molar-refractivity contribution in [1.29, 1.82) is 0 Å². The van der Waals surface area contributed by atoms with Crippen molar-refractivity contribution in [1.82, 2.24) is 14.8 Å². The first kappa shape index (κ1) is 13.5. The lowest BCUT2D eigenvalue weighted by Crippen LogP contribution is -2.55. The van der Waals surface area contributed by atoms with E-state index < -0.39 is 0 Å². The molecule has 1 aromatic rings. The first-order valence-corrected chi connectivity index (χ1v) is 6.75. The van der Waals surface area contributed by atoms with E-state index >= 15 is 0 Å². The zero-order valence-corrected chi connectivity index (χ0v) is 11.4. The van der Waals surface area contributed by atoms with E-state index in [0.717, 1.165) is 38.3 Å². The van der Waals surface area contributed by atoms with Crippen LogP contribution in [-0.4, -0.2) is 53.5 Å². The Kier molecular flexibility index (Phi) is 4.69. The normalized spacial score (nSPS) is 26.4. The Hall–Kier alpha value is -0.970. The third kappa shape index (κ3) is 3.28. The van der Waals surface area contributed by atoms with Gasteiger partial charge in [0.25, 0.3) is 0 Å². The maximum absolute atomic E-state index is 5.70. The summed E-state index contributed by atoms with van der Waals surface area (Å²) in [6, 6.07) is 7.28. The Morgan fingerprint density at radius 2 is 2.22 bits per heavy atom. The van der Waals surface area contributed by atoms with Gasteiger partial charge in [0.05, 0.1) is 5.69 Å². The number of nitrogens with two attached hydrogens (primary N) is 1. The fourth-order valence-corrected chi connectivity index (χ4v) is 2.70. The monoisotopic (exact) mass is 248 g/mol. The summed E-state index contributed by atoms with van der Waals surface area (Å²) in [5, 5.41) is 0. The van der Waals surface area contributed by atoms with Gasteiger partial charge in [0.1, 0.15) is 0 Å². The molecule has 1 aromatic heterocycles. The summed E-state index contributed by atoms with van der Waals surface area (Å²) in [6.07, 6.45) is 2.94. The number of hydrogen-bond acceptors (Lipinski definition) is 4. The van der Waals surface area contributed by atoms with E-state index in [1.165, 1.54) is 0 Å². The molecule has 4 heteroatoms. The Bertz CT molecular complexity index is 354. The second kappa shape index (κ2) is 6.27. The number of nitrogens with zero attached hydrogens (tertiary/aromatic N) is 3. The fourth-order valence-electron chi connectivity index (χ4n) is 2.70. The summed E-state index contributed by atoms with van der Waals surface area (Å²) in [5.41, 5.74) is 6.85. The molecule has 1 aliphatic heterocycles. The van der Waals surface area contributed by atoms with E-state index in [9.17, 15) is 0 Å². The number of pyridine rings is 1. The maximum atomic E-state index is 5.70. The molecule has 1 saturated heterocycles. The largest absolute Gasteiger partial charge is 0.330 e. The first-order valence-electron chi connectivity index (χ1n) is 6.75. The van der Waals surface area contributed by atoms with Crippen LogP contribution in [0.3, 0.4) is 0 Å². The Morgan fingerprint density at radius 1 is 1.39 bits per heavy atom. The van der Waals surface area contributed by atoms with Crippen molar-refractivity contribution in [2.24, 2.45) is 5.73 Å². The van der Waals surface area contributed by atoms with Gasteiger partial charge in [-0.25, -0.2) is 0 Å². The van der Waals surface area contributed by atoms with Gasteiger partial charge in [-0.1, -0.05) is 6.07 Å². The summed E-state index contributed by atoms with van der Waals surface area (Å²) in [5.74, 6) is 0. The number of rotatable bonds is 4. The van der Waals surface area contributed by atoms with Gasteiger partial charge in [-0.15, -0.1) is 0 Å². The molecule has 2 unspecified atom stereocenters. The van der Waals surface area contributed by atoms with Crippen molar-refractivity contribution >= 4 is 0 Å². The second-order valence-corrected chi connectivity index (χ2v) is 5.27. The minimum absolute atomic E-state index is 0.575. The second-order valence-electron chi connectivity index (χ2n) is 5.27. The molecular weight excluding hydrogens is 224 g/mol. The van der Waals surface area contributed by atoms with E-state index in [2.05, 4.69) is 40.9 Å². The van der Waals surface area contributed by atoms with Gasteiger partial charge < -0.3 is 10.6 Å². The molecule has 0 aliphatic carbocycles. The molecule has 4 nitrogen and oxygen atoms in total. The molecule has 2 heterocycles. The highest BCUT2D eigenvalue weighted by atomic mass is 15.3. The highest BCUT2D eigenvalue weighted by Crippen LogP contribution is 2.17. The number of piperazine rings is 1. The molecule has 0 bridgehead atoms. The van der Waals surface area contributed by atoms with Crippen LogP contribution in [0, 0.1) is 0 Å². The molecule has 0 amide bonds. The van der Waals surface area contributed by atoms with Gasteiger partial charge >= 0.3 is 0 Å². The van der Waals surface area contributed by atoms with Crippen LogP contribution in [-0.2, 0) is 6.54 Å². The van der Waals surface area contributed by atoms with E-state index in [0.29, 0.717) is 12.1 Å². The van der Waals surface area contributed by atoms with Crippen molar-refractivity contribution in [2.75, 3.05) is 26.7 Å². The molecule has 0 aromatic carbocycles. The van der Waals surface area contributed by atoms with Crippen LogP contribution >= 0.6 is 0 Å². The molecular formula is C14H24N4. The summed E-state index contributed by atoms with van der Waals surface area (Å²) in [6.45, 7) is 6.19. The summed E-state index contributed by atoms with van der Waals surface area (Å²) < 4.78 is 0. The van der Waals surface area contributed by atoms with E-state index in [4.69, 9.17) is 5.73 Å². The highest BCUT2D eigenvalue weighted by molar-refractivity contribution is 5.04. The predicted octanol–water partition coefficient (Wildman–Crippen LogP) is 0.935. The highest BCUT2D eigenvalue weighted by Gasteiger charge is 2.28. The molecule has 2 atom stereocenters. The van der Waals surface area contributed by atoms with Crippen LogP contribution < -0.4 is 5.73 Å². The summed E-state index contributed by atoms with van der Waals surface area (Å²) >= 11 is 0. The lowest BCUT2D eigenvalue weighted by Gasteiger charge is -2.43. The zero-order valence-electron chi connectivity index (χ0n) is 11.4. The topological polar surface area (TPSA) is 45.4 Å². The predicted molar refractivity (Wildman–Crippen MR) is 74.2 cm³/mol. The first-order chi connectivity index (χ1) is 8.70. The quantitative estimate of drug-likeness (QED) is 0.861. The fraction of sp³-hybridized carbons (Fsp3) is 0.643. The average Bonchev–Trinajstić information content (AvgIpc) is 2.37. The molecule has 0 radical (unpaired) electrons. The van der Waals surface area contributed by atoms with Crippen molar-refractivity contribution in [2.45, 2.75) is 32.0 Å². The Morgan fingerprint density at radius 3 is 2.89 bits per heavy atom. The maximum Gasteiger partial charge on any atom is 0.0544 e. The lowest BCUT2D eigenvalue weighted by molar-refractivity contribution is 0.0435. The van der Waals surface area contributed by atoms with Crippen LogP contribution in [0.15, 0.2) is 24.4 Å². The van der Waals surface area contributed by atoms with Crippen LogP contribution in [0.25, 0.3) is 0 Å². The van der Waals surface area contributed by atoms with Crippen LogP contribution in [0.2, 0.25) is 0 Å². The minimum Gasteiger partial charge on any atom is -0.330 e. The van der Waals surface area contributed by atoms with Gasteiger partial charge in [0.2, 0.25) is 0 Å². The SMILES string of the molecule is CC1CN(C)C(CCN)CN1Cc1ccccn1. The molecule has 0 saturated carbocycles. The molecule has 18 heavy (non-hydrogen) atoms. The molecule has 0 spiro atoms. The van der Waals surface area contributed by atoms with Crippen molar-refractivity contribution in [3.63, 3.8) is 0 Å². The van der Waals surface area contributed by atoms with Crippen molar-refractivity contribution in [3.8, 4) is 0 Å². The van der Waals surface area contributed by atoms with Gasteiger partial charge in [0, 0.05) is 37.9 Å². The Labute approximate surface area is 110 Å². The van der Waals surface area contributed by atoms with Gasteiger partial charge in [0.15, 0.2) is 0 Å². The van der Waals surface area contributed by atoms with Crippen molar-refractivity contribution in [3.05, 3.63) is 30.1 Å². The number of aromatic nitrogens is 1. The Balaban J connectivity index is 1.99. The van der Waals surface area contributed by atoms with Crippen molar-refractivity contribution < 1.29 is 0 Å². The zero-order chi connectivity index (χ0) is 13.0. The number of hydrogen-bond donors (Lipinski definition) is 1. The van der Waals surface area contributed by atoms with Crippen LogP contribution in [0.5, 0.6) is 0 Å². The smallest absolute Gasteiger partial charge is 0.0544 e. The standard InChI is InChI=1S/C14H24N4/c1-12-9-17(2)14(6-7-15)11-18(12)10-13-5-3-4-8-16-13/h3-5,8,12,14H,6-7,9-11,15H2,1-2H3.